The van der Waals surface area contributed by atoms with Crippen LogP contribution in [0.4, 0.5) is 0 Å². The maximum absolute atomic E-state index is 12.9. The molecule has 0 aliphatic carbocycles. The SMILES string of the molecule is Cc1nc(-c2c(C)c(C)nn(C)c2=O)sc1C(=O)N1C[C@@H](C)[C@H](C(=O)O)C1. The van der Waals surface area contributed by atoms with E-state index >= 15 is 0 Å². The molecule has 1 aliphatic rings. The van der Waals surface area contributed by atoms with Crippen molar-refractivity contribution in [2.24, 2.45) is 18.9 Å². The third-order valence-corrected chi connectivity index (χ3v) is 6.31. The number of rotatable bonds is 3. The second-order valence-corrected chi connectivity index (χ2v) is 8.08. The van der Waals surface area contributed by atoms with Crippen LogP contribution in [-0.4, -0.2) is 49.7 Å². The molecule has 0 radical (unpaired) electrons. The van der Waals surface area contributed by atoms with E-state index in [-0.39, 0.29) is 23.9 Å². The Morgan fingerprint density at radius 3 is 2.44 bits per heavy atom. The number of hydrogen-bond donors (Lipinski definition) is 1. The predicted molar refractivity (Wildman–Crippen MR) is 101 cm³/mol. The summed E-state index contributed by atoms with van der Waals surface area (Å²) in [7, 11) is 1.59. The second-order valence-electron chi connectivity index (χ2n) is 7.08. The van der Waals surface area contributed by atoms with E-state index in [0.29, 0.717) is 27.7 Å². The summed E-state index contributed by atoms with van der Waals surface area (Å²) in [5.74, 6) is -1.77. The van der Waals surface area contributed by atoms with Crippen molar-refractivity contribution in [2.75, 3.05) is 13.1 Å². The number of amides is 1. The van der Waals surface area contributed by atoms with E-state index in [1.54, 1.807) is 18.9 Å². The van der Waals surface area contributed by atoms with Crippen molar-refractivity contribution in [3.05, 3.63) is 32.2 Å². The highest BCUT2D eigenvalue weighted by Crippen LogP contribution is 2.31. The van der Waals surface area contributed by atoms with Crippen molar-refractivity contribution < 1.29 is 14.7 Å². The average Bonchev–Trinajstić information content (AvgIpc) is 3.16. The number of aromatic nitrogens is 3. The number of likely N-dealkylation sites (tertiary alicyclic amines) is 1. The molecule has 1 N–H and O–H groups in total. The Kier molecular flexibility index (Phi) is 4.90. The van der Waals surface area contributed by atoms with Crippen LogP contribution in [-0.2, 0) is 11.8 Å². The summed E-state index contributed by atoms with van der Waals surface area (Å²) in [6.45, 7) is 7.80. The van der Waals surface area contributed by atoms with Gasteiger partial charge in [-0.1, -0.05) is 6.92 Å². The van der Waals surface area contributed by atoms with Crippen molar-refractivity contribution in [1.29, 1.82) is 0 Å². The quantitative estimate of drug-likeness (QED) is 0.854. The predicted octanol–water partition coefficient (Wildman–Crippen LogP) is 1.62. The standard InChI is InChI=1S/C18H22N4O4S/c1-8-6-22(7-12(8)18(25)26)17(24)14-11(4)19-15(27-14)13-9(2)10(3)20-21(5)16(13)23/h8,12H,6-7H2,1-5H3,(H,25,26)/t8-,12-/m1/s1. The maximum Gasteiger partial charge on any atom is 0.308 e. The van der Waals surface area contributed by atoms with Gasteiger partial charge >= 0.3 is 5.97 Å². The number of carboxylic acid groups (broad SMARTS) is 1. The molecule has 9 heteroatoms. The van der Waals surface area contributed by atoms with Gasteiger partial charge in [0.05, 0.1) is 22.9 Å². The lowest BCUT2D eigenvalue weighted by atomic mass is 9.99. The molecule has 144 valence electrons. The van der Waals surface area contributed by atoms with Crippen LogP contribution < -0.4 is 5.56 Å². The van der Waals surface area contributed by atoms with Crippen LogP contribution in [0.25, 0.3) is 10.6 Å². The number of carbonyl (C=O) groups excluding carboxylic acids is 1. The summed E-state index contributed by atoms with van der Waals surface area (Å²) in [4.78, 5) is 43.3. The Hall–Kier alpha value is -2.55. The first-order valence-corrected chi connectivity index (χ1v) is 9.47. The van der Waals surface area contributed by atoms with Crippen LogP contribution in [0.2, 0.25) is 0 Å². The van der Waals surface area contributed by atoms with Gasteiger partial charge in [0.25, 0.3) is 11.5 Å². The van der Waals surface area contributed by atoms with Crippen molar-refractivity contribution >= 4 is 23.2 Å². The highest BCUT2D eigenvalue weighted by atomic mass is 32.1. The molecule has 0 aromatic carbocycles. The molecule has 1 amide bonds. The maximum atomic E-state index is 12.9. The van der Waals surface area contributed by atoms with Gasteiger partial charge in [-0.25, -0.2) is 9.67 Å². The van der Waals surface area contributed by atoms with Gasteiger partial charge in [-0.2, -0.15) is 5.10 Å². The molecular weight excluding hydrogens is 368 g/mol. The fourth-order valence-electron chi connectivity index (χ4n) is 3.40. The van der Waals surface area contributed by atoms with E-state index in [9.17, 15) is 19.5 Å². The molecule has 0 saturated carbocycles. The van der Waals surface area contributed by atoms with Gasteiger partial charge in [0.2, 0.25) is 0 Å². The highest BCUT2D eigenvalue weighted by molar-refractivity contribution is 7.17. The van der Waals surface area contributed by atoms with Crippen LogP contribution in [0.5, 0.6) is 0 Å². The first kappa shape index (κ1) is 19.2. The number of aliphatic carboxylic acids is 1. The van der Waals surface area contributed by atoms with Gasteiger partial charge in [0.15, 0.2) is 0 Å². The Morgan fingerprint density at radius 2 is 1.85 bits per heavy atom. The average molecular weight is 390 g/mol. The minimum absolute atomic E-state index is 0.100. The van der Waals surface area contributed by atoms with Crippen LogP contribution in [0.3, 0.4) is 0 Å². The Labute approximate surface area is 160 Å². The second kappa shape index (κ2) is 6.88. The molecule has 2 atom stereocenters. The van der Waals surface area contributed by atoms with E-state index in [4.69, 9.17) is 0 Å². The van der Waals surface area contributed by atoms with Crippen LogP contribution in [0, 0.1) is 32.6 Å². The van der Waals surface area contributed by atoms with Crippen molar-refractivity contribution in [3.8, 4) is 10.6 Å². The third kappa shape index (κ3) is 3.27. The van der Waals surface area contributed by atoms with Crippen molar-refractivity contribution in [3.63, 3.8) is 0 Å². The van der Waals surface area contributed by atoms with E-state index in [2.05, 4.69) is 10.1 Å². The molecule has 3 rings (SSSR count). The largest absolute Gasteiger partial charge is 0.481 e. The number of nitrogens with zero attached hydrogens (tertiary/aromatic N) is 4. The van der Waals surface area contributed by atoms with Gasteiger partial charge in [-0.15, -0.1) is 11.3 Å². The number of carboxylic acids is 1. The topological polar surface area (TPSA) is 105 Å². The zero-order valence-electron chi connectivity index (χ0n) is 15.9. The van der Waals surface area contributed by atoms with E-state index in [0.717, 1.165) is 11.3 Å². The lowest BCUT2D eigenvalue weighted by molar-refractivity contribution is -0.142. The summed E-state index contributed by atoms with van der Waals surface area (Å²) >= 11 is 1.17. The van der Waals surface area contributed by atoms with Crippen LogP contribution >= 0.6 is 11.3 Å². The number of hydrogen-bond acceptors (Lipinski definition) is 6. The van der Waals surface area contributed by atoms with Crippen LogP contribution in [0.15, 0.2) is 4.79 Å². The minimum Gasteiger partial charge on any atom is -0.481 e. The Morgan fingerprint density at radius 1 is 1.19 bits per heavy atom. The highest BCUT2D eigenvalue weighted by Gasteiger charge is 2.38. The number of thiazole rings is 1. The molecule has 8 nitrogen and oxygen atoms in total. The van der Waals surface area contributed by atoms with E-state index in [1.807, 2.05) is 20.8 Å². The fraction of sp³-hybridized carbons (Fsp3) is 0.500. The van der Waals surface area contributed by atoms with Gasteiger partial charge in [0.1, 0.15) is 9.88 Å². The van der Waals surface area contributed by atoms with Gasteiger partial charge < -0.3 is 10.0 Å². The summed E-state index contributed by atoms with van der Waals surface area (Å²) < 4.78 is 1.27. The minimum atomic E-state index is -0.883. The molecule has 0 unspecified atom stereocenters. The van der Waals surface area contributed by atoms with Gasteiger partial charge in [-0.3, -0.25) is 14.4 Å². The first-order chi connectivity index (χ1) is 12.6. The smallest absolute Gasteiger partial charge is 0.308 e. The zero-order chi connectivity index (χ0) is 20.0. The molecular formula is C18H22N4O4S. The Bertz CT molecular complexity index is 994. The molecule has 0 spiro atoms. The molecule has 2 aromatic heterocycles. The molecule has 3 heterocycles. The summed E-state index contributed by atoms with van der Waals surface area (Å²) in [5, 5.41) is 13.9. The number of aryl methyl sites for hydroxylation is 3. The summed E-state index contributed by atoms with van der Waals surface area (Å²) in [5.41, 5.74) is 2.21. The lowest BCUT2D eigenvalue weighted by Gasteiger charge is -2.14. The molecule has 1 aliphatic heterocycles. The van der Waals surface area contributed by atoms with Crippen molar-refractivity contribution in [1.82, 2.24) is 19.7 Å². The molecule has 0 bridgehead atoms. The normalized spacial score (nSPS) is 19.5. The zero-order valence-corrected chi connectivity index (χ0v) is 16.8. The third-order valence-electron chi connectivity index (χ3n) is 5.15. The molecule has 1 fully saturated rings. The Balaban J connectivity index is 1.98. The van der Waals surface area contributed by atoms with Gasteiger partial charge in [0, 0.05) is 20.1 Å². The van der Waals surface area contributed by atoms with Crippen LogP contribution in [0.1, 0.15) is 33.5 Å². The summed E-state index contributed by atoms with van der Waals surface area (Å²) in [6.07, 6.45) is 0. The lowest BCUT2D eigenvalue weighted by Crippen LogP contribution is -2.29. The van der Waals surface area contributed by atoms with Gasteiger partial charge in [-0.05, 0) is 32.3 Å². The monoisotopic (exact) mass is 390 g/mol. The van der Waals surface area contributed by atoms with Crippen molar-refractivity contribution in [2.45, 2.75) is 27.7 Å². The molecule has 1 saturated heterocycles. The molecule has 2 aromatic rings. The first-order valence-electron chi connectivity index (χ1n) is 8.66. The number of carbonyl (C=O) groups is 2. The fourth-order valence-corrected chi connectivity index (χ4v) is 4.53. The summed E-state index contributed by atoms with van der Waals surface area (Å²) in [6, 6.07) is 0. The van der Waals surface area contributed by atoms with E-state index < -0.39 is 11.9 Å². The van der Waals surface area contributed by atoms with E-state index in [1.165, 1.54) is 16.0 Å². The molecule has 27 heavy (non-hydrogen) atoms.